The van der Waals surface area contributed by atoms with Gasteiger partial charge in [0.2, 0.25) is 0 Å². The van der Waals surface area contributed by atoms with Crippen molar-refractivity contribution < 1.29 is 5.11 Å². The lowest BCUT2D eigenvalue weighted by molar-refractivity contribution is 0.0207. The van der Waals surface area contributed by atoms with Gasteiger partial charge in [0.05, 0.1) is 18.7 Å². The first-order valence-electron chi connectivity index (χ1n) is 5.68. The van der Waals surface area contributed by atoms with E-state index in [1.165, 1.54) is 0 Å². The molecule has 2 unspecified atom stereocenters. The van der Waals surface area contributed by atoms with Crippen molar-refractivity contribution in [1.82, 2.24) is 20.7 Å². The van der Waals surface area contributed by atoms with Crippen LogP contribution in [0.4, 0.5) is 0 Å². The lowest BCUT2D eigenvalue weighted by atomic mass is 10.1. The number of likely N-dealkylation sites (N-methyl/N-ethyl adjacent to an activating group) is 1. The Kier molecular flexibility index (Phi) is 5.49. The van der Waals surface area contributed by atoms with Crippen LogP contribution in [0.5, 0.6) is 0 Å². The van der Waals surface area contributed by atoms with Crippen LogP contribution >= 0.6 is 0 Å². The molecule has 0 amide bonds. The third kappa shape index (κ3) is 3.39. The van der Waals surface area contributed by atoms with Crippen LogP contribution in [0.1, 0.15) is 6.92 Å². The highest BCUT2D eigenvalue weighted by molar-refractivity contribution is 4.87. The number of rotatable bonds is 5. The molecule has 1 heterocycles. The molecule has 1 saturated heterocycles. The molecule has 1 rings (SSSR count). The van der Waals surface area contributed by atoms with Crippen molar-refractivity contribution in [3.05, 3.63) is 0 Å². The standard InChI is InChI=1S/C10H24N4O/c1-4-12-14-6-5-11-7-9(14)10(8-15)13(2)3/h9-12,15H,4-8H2,1-3H3. The summed E-state index contributed by atoms with van der Waals surface area (Å²) in [4.78, 5) is 2.09. The number of hydrazine groups is 1. The zero-order valence-corrected chi connectivity index (χ0v) is 10.0. The fraction of sp³-hybridized carbons (Fsp3) is 1.00. The number of hydrogen-bond donors (Lipinski definition) is 3. The Labute approximate surface area is 92.4 Å². The van der Waals surface area contributed by atoms with Crippen LogP contribution in [-0.4, -0.2) is 74.0 Å². The van der Waals surface area contributed by atoms with E-state index in [9.17, 15) is 5.11 Å². The van der Waals surface area contributed by atoms with Crippen molar-refractivity contribution >= 4 is 0 Å². The van der Waals surface area contributed by atoms with Crippen LogP contribution in [0, 0.1) is 0 Å². The molecule has 90 valence electrons. The van der Waals surface area contributed by atoms with Crippen LogP contribution in [0.15, 0.2) is 0 Å². The van der Waals surface area contributed by atoms with Gasteiger partial charge in [0.25, 0.3) is 0 Å². The van der Waals surface area contributed by atoms with E-state index in [-0.39, 0.29) is 12.6 Å². The molecule has 2 atom stereocenters. The molecule has 3 N–H and O–H groups in total. The van der Waals surface area contributed by atoms with Gasteiger partial charge in [-0.1, -0.05) is 6.92 Å². The lowest BCUT2D eigenvalue weighted by Gasteiger charge is -2.42. The monoisotopic (exact) mass is 216 g/mol. The van der Waals surface area contributed by atoms with E-state index in [0.717, 1.165) is 26.2 Å². The molecule has 1 fully saturated rings. The van der Waals surface area contributed by atoms with Gasteiger partial charge in [-0.3, -0.25) is 5.43 Å². The van der Waals surface area contributed by atoms with E-state index in [1.807, 2.05) is 14.1 Å². The number of hydrogen-bond acceptors (Lipinski definition) is 5. The Morgan fingerprint density at radius 1 is 1.60 bits per heavy atom. The van der Waals surface area contributed by atoms with E-state index >= 15 is 0 Å². The molecule has 0 spiro atoms. The molecule has 0 aromatic carbocycles. The maximum atomic E-state index is 9.41. The minimum atomic E-state index is 0.178. The summed E-state index contributed by atoms with van der Waals surface area (Å²) in [6, 6.07) is 0.510. The predicted molar refractivity (Wildman–Crippen MR) is 61.6 cm³/mol. The summed E-state index contributed by atoms with van der Waals surface area (Å²) in [6.45, 7) is 6.15. The van der Waals surface area contributed by atoms with Gasteiger partial charge in [0, 0.05) is 26.2 Å². The largest absolute Gasteiger partial charge is 0.395 e. The van der Waals surface area contributed by atoms with Crippen molar-refractivity contribution in [3.8, 4) is 0 Å². The van der Waals surface area contributed by atoms with Crippen molar-refractivity contribution in [1.29, 1.82) is 0 Å². The van der Waals surface area contributed by atoms with Gasteiger partial charge in [-0.2, -0.15) is 0 Å². The summed E-state index contributed by atoms with van der Waals surface area (Å²) in [5, 5.41) is 15.0. The molecule has 5 nitrogen and oxygen atoms in total. The molecule has 1 aliphatic rings. The maximum Gasteiger partial charge on any atom is 0.0602 e. The molecule has 0 aromatic rings. The van der Waals surface area contributed by atoms with Gasteiger partial charge >= 0.3 is 0 Å². The summed E-state index contributed by atoms with van der Waals surface area (Å²) >= 11 is 0. The zero-order valence-electron chi connectivity index (χ0n) is 10.0. The Morgan fingerprint density at radius 2 is 2.33 bits per heavy atom. The molecule has 0 radical (unpaired) electrons. The number of nitrogens with zero attached hydrogens (tertiary/aromatic N) is 2. The average Bonchev–Trinajstić information content (AvgIpc) is 2.21. The first kappa shape index (κ1) is 12.9. The van der Waals surface area contributed by atoms with Gasteiger partial charge in [0.1, 0.15) is 0 Å². The quantitative estimate of drug-likeness (QED) is 0.534. The van der Waals surface area contributed by atoms with Crippen molar-refractivity contribution in [2.75, 3.05) is 46.9 Å². The van der Waals surface area contributed by atoms with Gasteiger partial charge in [0.15, 0.2) is 0 Å². The predicted octanol–water partition coefficient (Wildman–Crippen LogP) is -1.29. The number of nitrogens with one attached hydrogen (secondary N) is 2. The van der Waals surface area contributed by atoms with E-state index < -0.39 is 0 Å². The van der Waals surface area contributed by atoms with Crippen LogP contribution in [0.3, 0.4) is 0 Å². The molecule has 0 bridgehead atoms. The Bertz CT molecular complexity index is 175. The highest BCUT2D eigenvalue weighted by Gasteiger charge is 2.30. The Morgan fingerprint density at radius 3 is 2.87 bits per heavy atom. The fourth-order valence-corrected chi connectivity index (χ4v) is 2.10. The number of piperazine rings is 1. The first-order chi connectivity index (χ1) is 7.20. The summed E-state index contributed by atoms with van der Waals surface area (Å²) in [5.74, 6) is 0. The van der Waals surface area contributed by atoms with Gasteiger partial charge in [-0.05, 0) is 14.1 Å². The van der Waals surface area contributed by atoms with E-state index in [1.54, 1.807) is 0 Å². The van der Waals surface area contributed by atoms with Gasteiger partial charge < -0.3 is 15.3 Å². The van der Waals surface area contributed by atoms with Crippen molar-refractivity contribution in [2.45, 2.75) is 19.0 Å². The smallest absolute Gasteiger partial charge is 0.0602 e. The summed E-state index contributed by atoms with van der Waals surface area (Å²) in [5.41, 5.74) is 3.36. The second-order valence-corrected chi connectivity index (χ2v) is 4.19. The topological polar surface area (TPSA) is 50.8 Å². The highest BCUT2D eigenvalue weighted by Crippen LogP contribution is 2.09. The molecule has 5 heteroatoms. The van der Waals surface area contributed by atoms with Crippen LogP contribution in [0.25, 0.3) is 0 Å². The fourth-order valence-electron chi connectivity index (χ4n) is 2.10. The molecule has 0 aliphatic carbocycles. The molecule has 15 heavy (non-hydrogen) atoms. The van der Waals surface area contributed by atoms with Crippen LogP contribution in [-0.2, 0) is 0 Å². The maximum absolute atomic E-state index is 9.41. The molecular formula is C10H24N4O. The molecule has 0 saturated carbocycles. The first-order valence-corrected chi connectivity index (χ1v) is 5.68. The minimum absolute atomic E-state index is 0.178. The summed E-state index contributed by atoms with van der Waals surface area (Å²) < 4.78 is 0. The van der Waals surface area contributed by atoms with Gasteiger partial charge in [-0.15, -0.1) is 0 Å². The van der Waals surface area contributed by atoms with Gasteiger partial charge in [-0.25, -0.2) is 5.01 Å². The average molecular weight is 216 g/mol. The van der Waals surface area contributed by atoms with Crippen molar-refractivity contribution in [2.24, 2.45) is 0 Å². The Balaban J connectivity index is 2.60. The Hall–Kier alpha value is -0.200. The SMILES string of the molecule is CCNN1CCNCC1C(CO)N(C)C. The second-order valence-electron chi connectivity index (χ2n) is 4.19. The summed E-state index contributed by atoms with van der Waals surface area (Å²) in [6.07, 6.45) is 0. The zero-order chi connectivity index (χ0) is 11.3. The normalized spacial score (nSPS) is 25.8. The third-order valence-electron chi connectivity index (χ3n) is 2.94. The lowest BCUT2D eigenvalue weighted by Crippen LogP contribution is -2.64. The van der Waals surface area contributed by atoms with E-state index in [0.29, 0.717) is 6.04 Å². The van der Waals surface area contributed by atoms with Crippen molar-refractivity contribution in [3.63, 3.8) is 0 Å². The molecule has 1 aliphatic heterocycles. The highest BCUT2D eigenvalue weighted by atomic mass is 16.3. The number of aliphatic hydroxyl groups is 1. The van der Waals surface area contributed by atoms with Crippen LogP contribution in [0.2, 0.25) is 0 Å². The molecule has 0 aromatic heterocycles. The summed E-state index contributed by atoms with van der Waals surface area (Å²) in [7, 11) is 4.03. The molecular weight excluding hydrogens is 192 g/mol. The van der Waals surface area contributed by atoms with E-state index in [4.69, 9.17) is 0 Å². The van der Waals surface area contributed by atoms with Crippen LogP contribution < -0.4 is 10.7 Å². The minimum Gasteiger partial charge on any atom is -0.395 e. The number of aliphatic hydroxyl groups excluding tert-OH is 1. The third-order valence-corrected chi connectivity index (χ3v) is 2.94. The van der Waals surface area contributed by atoms with E-state index in [2.05, 4.69) is 27.6 Å². The second kappa shape index (κ2) is 6.40.